The van der Waals surface area contributed by atoms with Gasteiger partial charge in [-0.05, 0) is 42.8 Å². The Morgan fingerprint density at radius 2 is 2.20 bits per heavy atom. The lowest BCUT2D eigenvalue weighted by Gasteiger charge is -2.13. The van der Waals surface area contributed by atoms with Crippen molar-refractivity contribution in [2.24, 2.45) is 0 Å². The fourth-order valence-electron chi connectivity index (χ4n) is 1.62. The van der Waals surface area contributed by atoms with Crippen molar-refractivity contribution in [3.63, 3.8) is 0 Å². The summed E-state index contributed by atoms with van der Waals surface area (Å²) < 4.78 is 5.60. The quantitative estimate of drug-likeness (QED) is 0.828. The van der Waals surface area contributed by atoms with Crippen LogP contribution in [0.3, 0.4) is 0 Å². The summed E-state index contributed by atoms with van der Waals surface area (Å²) in [5.74, 6) is 1.29. The number of benzene rings is 1. The predicted octanol–water partition coefficient (Wildman–Crippen LogP) is 3.58. The van der Waals surface area contributed by atoms with Gasteiger partial charge >= 0.3 is 0 Å². The largest absolute Gasteiger partial charge is 0.491 e. The lowest BCUT2D eigenvalue weighted by atomic mass is 10.2. The van der Waals surface area contributed by atoms with Crippen LogP contribution in [0.2, 0.25) is 5.02 Å². The molecule has 0 aliphatic rings. The summed E-state index contributed by atoms with van der Waals surface area (Å²) in [5.41, 5.74) is 0.960. The summed E-state index contributed by atoms with van der Waals surface area (Å²) in [6, 6.07) is 11.1. The van der Waals surface area contributed by atoms with E-state index in [1.54, 1.807) is 12.3 Å². The highest BCUT2D eigenvalue weighted by Gasteiger charge is 2.08. The van der Waals surface area contributed by atoms with E-state index in [9.17, 15) is 5.11 Å². The molecule has 0 saturated heterocycles. The van der Waals surface area contributed by atoms with Gasteiger partial charge in [-0.15, -0.1) is 11.8 Å². The van der Waals surface area contributed by atoms with E-state index in [-0.39, 0.29) is 6.61 Å². The zero-order chi connectivity index (χ0) is 14.4. The molecule has 106 valence electrons. The number of aryl methyl sites for hydroxylation is 1. The third-order valence-corrected chi connectivity index (χ3v) is 3.95. The lowest BCUT2D eigenvalue weighted by molar-refractivity contribution is 0.126. The van der Waals surface area contributed by atoms with Crippen molar-refractivity contribution < 1.29 is 9.84 Å². The molecule has 3 nitrogen and oxygen atoms in total. The zero-order valence-electron chi connectivity index (χ0n) is 11.1. The van der Waals surface area contributed by atoms with Crippen molar-refractivity contribution in [3.05, 3.63) is 53.2 Å². The molecule has 1 heterocycles. The zero-order valence-corrected chi connectivity index (χ0v) is 12.7. The SMILES string of the molecule is Cc1cc(Cl)ccc1OCC(O)CSc1ccccn1. The van der Waals surface area contributed by atoms with E-state index in [0.29, 0.717) is 10.8 Å². The van der Waals surface area contributed by atoms with Gasteiger partial charge in [-0.25, -0.2) is 4.98 Å². The number of hydrogen-bond acceptors (Lipinski definition) is 4. The fourth-order valence-corrected chi connectivity index (χ4v) is 2.62. The minimum atomic E-state index is -0.544. The average molecular weight is 310 g/mol. The molecule has 2 rings (SSSR count). The van der Waals surface area contributed by atoms with E-state index in [4.69, 9.17) is 16.3 Å². The standard InChI is InChI=1S/C15H16ClNO2S/c1-11-8-12(16)5-6-14(11)19-9-13(18)10-20-15-4-2-3-7-17-15/h2-8,13,18H,9-10H2,1H3. The molecule has 0 radical (unpaired) electrons. The summed E-state index contributed by atoms with van der Waals surface area (Å²) in [7, 11) is 0. The Kier molecular flexibility index (Phi) is 5.71. The summed E-state index contributed by atoms with van der Waals surface area (Å²) in [4.78, 5) is 4.19. The Hall–Kier alpha value is -1.23. The normalized spacial score (nSPS) is 12.2. The minimum Gasteiger partial charge on any atom is -0.491 e. The first-order chi connectivity index (χ1) is 9.65. The van der Waals surface area contributed by atoms with Crippen molar-refractivity contribution >= 4 is 23.4 Å². The van der Waals surface area contributed by atoms with Gasteiger partial charge in [0.2, 0.25) is 0 Å². The first kappa shape index (κ1) is 15.2. The van der Waals surface area contributed by atoms with Gasteiger partial charge in [0.25, 0.3) is 0 Å². The number of hydrogen-bond donors (Lipinski definition) is 1. The second-order valence-corrected chi connectivity index (χ2v) is 5.83. The van der Waals surface area contributed by atoms with Crippen LogP contribution < -0.4 is 4.74 Å². The Bertz CT molecular complexity index is 551. The van der Waals surface area contributed by atoms with Crippen molar-refractivity contribution in [1.82, 2.24) is 4.98 Å². The smallest absolute Gasteiger partial charge is 0.122 e. The maximum atomic E-state index is 9.92. The first-order valence-corrected chi connectivity index (χ1v) is 7.62. The summed E-state index contributed by atoms with van der Waals surface area (Å²) in [5, 5.41) is 11.5. The maximum absolute atomic E-state index is 9.92. The molecule has 0 aliphatic carbocycles. The van der Waals surface area contributed by atoms with Crippen molar-refractivity contribution in [3.8, 4) is 5.75 Å². The van der Waals surface area contributed by atoms with Gasteiger partial charge < -0.3 is 9.84 Å². The highest BCUT2D eigenvalue weighted by atomic mass is 35.5. The third kappa shape index (κ3) is 4.71. The van der Waals surface area contributed by atoms with Gasteiger partial charge in [0.15, 0.2) is 0 Å². The van der Waals surface area contributed by atoms with E-state index >= 15 is 0 Å². The Morgan fingerprint density at radius 3 is 2.90 bits per heavy atom. The molecule has 0 fully saturated rings. The molecular weight excluding hydrogens is 294 g/mol. The maximum Gasteiger partial charge on any atom is 0.122 e. The van der Waals surface area contributed by atoms with E-state index in [1.807, 2.05) is 37.3 Å². The molecule has 1 unspecified atom stereocenters. The van der Waals surface area contributed by atoms with Crippen LogP contribution in [0, 0.1) is 6.92 Å². The van der Waals surface area contributed by atoms with Crippen LogP contribution in [-0.4, -0.2) is 28.6 Å². The highest BCUT2D eigenvalue weighted by Crippen LogP contribution is 2.22. The average Bonchev–Trinajstić information content (AvgIpc) is 2.45. The van der Waals surface area contributed by atoms with Crippen molar-refractivity contribution in [2.75, 3.05) is 12.4 Å². The number of ether oxygens (including phenoxy) is 1. The minimum absolute atomic E-state index is 0.252. The van der Waals surface area contributed by atoms with Gasteiger partial charge in [0.05, 0.1) is 11.1 Å². The molecule has 1 N–H and O–H groups in total. The monoisotopic (exact) mass is 309 g/mol. The summed E-state index contributed by atoms with van der Waals surface area (Å²) >= 11 is 7.39. The second kappa shape index (κ2) is 7.53. The van der Waals surface area contributed by atoms with Crippen molar-refractivity contribution in [1.29, 1.82) is 0 Å². The van der Waals surface area contributed by atoms with E-state index in [0.717, 1.165) is 16.3 Å². The number of aliphatic hydroxyl groups excluding tert-OH is 1. The lowest BCUT2D eigenvalue weighted by Crippen LogP contribution is -2.20. The Balaban J connectivity index is 1.79. The summed E-state index contributed by atoms with van der Waals surface area (Å²) in [6.07, 6.45) is 1.19. The van der Waals surface area contributed by atoms with Crippen LogP contribution in [0.4, 0.5) is 0 Å². The van der Waals surface area contributed by atoms with Crippen LogP contribution >= 0.6 is 23.4 Å². The fraction of sp³-hybridized carbons (Fsp3) is 0.267. The topological polar surface area (TPSA) is 42.4 Å². The molecule has 0 bridgehead atoms. The van der Waals surface area contributed by atoms with Gasteiger partial charge in [0, 0.05) is 17.0 Å². The number of aliphatic hydroxyl groups is 1. The number of aromatic nitrogens is 1. The van der Waals surface area contributed by atoms with Crippen LogP contribution in [0.5, 0.6) is 5.75 Å². The molecular formula is C15H16ClNO2S. The van der Waals surface area contributed by atoms with Gasteiger partial charge in [-0.1, -0.05) is 17.7 Å². The molecule has 1 aromatic carbocycles. The molecule has 0 spiro atoms. The summed E-state index contributed by atoms with van der Waals surface area (Å²) in [6.45, 7) is 2.18. The molecule has 1 atom stereocenters. The van der Waals surface area contributed by atoms with Gasteiger partial charge in [0.1, 0.15) is 12.4 Å². The molecule has 5 heteroatoms. The van der Waals surface area contributed by atoms with Crippen LogP contribution in [0.25, 0.3) is 0 Å². The van der Waals surface area contributed by atoms with E-state index in [2.05, 4.69) is 4.98 Å². The predicted molar refractivity (Wildman–Crippen MR) is 82.7 cm³/mol. The number of nitrogens with zero attached hydrogens (tertiary/aromatic N) is 1. The number of pyridine rings is 1. The van der Waals surface area contributed by atoms with Crippen LogP contribution in [-0.2, 0) is 0 Å². The second-order valence-electron chi connectivity index (χ2n) is 4.35. The Labute approximate surface area is 128 Å². The molecule has 0 amide bonds. The number of rotatable bonds is 6. The van der Waals surface area contributed by atoms with E-state index < -0.39 is 6.10 Å². The van der Waals surface area contributed by atoms with Crippen LogP contribution in [0.1, 0.15) is 5.56 Å². The number of thioether (sulfide) groups is 1. The first-order valence-electron chi connectivity index (χ1n) is 6.26. The molecule has 0 saturated carbocycles. The molecule has 20 heavy (non-hydrogen) atoms. The third-order valence-electron chi connectivity index (χ3n) is 2.63. The van der Waals surface area contributed by atoms with Crippen LogP contribution in [0.15, 0.2) is 47.6 Å². The highest BCUT2D eigenvalue weighted by molar-refractivity contribution is 7.99. The molecule has 1 aromatic heterocycles. The molecule has 0 aliphatic heterocycles. The number of halogens is 1. The van der Waals surface area contributed by atoms with Crippen molar-refractivity contribution in [2.45, 2.75) is 18.1 Å². The van der Waals surface area contributed by atoms with Gasteiger partial charge in [-0.2, -0.15) is 0 Å². The van der Waals surface area contributed by atoms with Gasteiger partial charge in [-0.3, -0.25) is 0 Å². The van der Waals surface area contributed by atoms with E-state index in [1.165, 1.54) is 11.8 Å². The molecule has 2 aromatic rings. The Morgan fingerprint density at radius 1 is 1.35 bits per heavy atom.